The monoisotopic (exact) mass is 300 g/mol. The fourth-order valence-electron chi connectivity index (χ4n) is 3.32. The van der Waals surface area contributed by atoms with Gasteiger partial charge in [0.25, 0.3) is 0 Å². The first-order chi connectivity index (χ1) is 10.6. The van der Waals surface area contributed by atoms with Crippen molar-refractivity contribution < 1.29 is 23.8 Å². The van der Waals surface area contributed by atoms with Crippen molar-refractivity contribution in [1.29, 1.82) is 0 Å². The van der Waals surface area contributed by atoms with Gasteiger partial charge in [-0.1, -0.05) is 24.3 Å². The second-order valence-corrected chi connectivity index (χ2v) is 5.87. The van der Waals surface area contributed by atoms with Gasteiger partial charge in [0.15, 0.2) is 17.6 Å². The second kappa shape index (κ2) is 4.76. The number of allylic oxidation sites excluding steroid dienone is 2. The quantitative estimate of drug-likeness (QED) is 0.796. The summed E-state index contributed by atoms with van der Waals surface area (Å²) < 4.78 is 17.1. The van der Waals surface area contributed by atoms with E-state index in [-0.39, 0.29) is 23.4 Å². The van der Waals surface area contributed by atoms with E-state index in [1.807, 2.05) is 6.92 Å². The maximum absolute atomic E-state index is 12.6. The summed E-state index contributed by atoms with van der Waals surface area (Å²) in [5.41, 5.74) is 1.35. The molecule has 1 aliphatic carbocycles. The molecular weight excluding hydrogens is 284 g/mol. The van der Waals surface area contributed by atoms with Gasteiger partial charge in [-0.15, -0.1) is 0 Å². The number of ether oxygens (including phenoxy) is 3. The van der Waals surface area contributed by atoms with Gasteiger partial charge < -0.3 is 14.2 Å². The Kier molecular flexibility index (Phi) is 2.96. The highest BCUT2D eigenvalue weighted by Gasteiger charge is 2.47. The van der Waals surface area contributed by atoms with Gasteiger partial charge in [0.05, 0.1) is 13.2 Å². The largest absolute Gasteiger partial charge is 0.480 e. The van der Waals surface area contributed by atoms with Crippen LogP contribution in [0.25, 0.3) is 0 Å². The molecule has 1 fully saturated rings. The fourth-order valence-corrected chi connectivity index (χ4v) is 3.32. The van der Waals surface area contributed by atoms with E-state index in [1.165, 1.54) is 0 Å². The van der Waals surface area contributed by atoms with Crippen molar-refractivity contribution in [2.24, 2.45) is 0 Å². The zero-order valence-corrected chi connectivity index (χ0v) is 12.3. The molecule has 4 rings (SSSR count). The van der Waals surface area contributed by atoms with E-state index < -0.39 is 5.79 Å². The van der Waals surface area contributed by atoms with Crippen molar-refractivity contribution in [3.8, 4) is 0 Å². The zero-order chi connectivity index (χ0) is 15.3. The molecule has 0 aromatic heterocycles. The van der Waals surface area contributed by atoms with Crippen LogP contribution in [0.3, 0.4) is 0 Å². The number of ketones is 2. The van der Waals surface area contributed by atoms with Gasteiger partial charge in [-0.2, -0.15) is 0 Å². The van der Waals surface area contributed by atoms with Gasteiger partial charge in [-0.25, -0.2) is 0 Å². The van der Waals surface area contributed by atoms with Gasteiger partial charge >= 0.3 is 0 Å². The molecule has 0 N–H and O–H groups in total. The SMILES string of the molecule is CC1(C2CCC3=C(O2)C(=O)c2ccccc2C3=O)OCCO1. The molecule has 0 bridgehead atoms. The zero-order valence-electron chi connectivity index (χ0n) is 12.3. The average Bonchev–Trinajstić information content (AvgIpc) is 3.00. The van der Waals surface area contributed by atoms with E-state index >= 15 is 0 Å². The van der Waals surface area contributed by atoms with Crippen molar-refractivity contribution in [3.63, 3.8) is 0 Å². The van der Waals surface area contributed by atoms with Crippen molar-refractivity contribution in [1.82, 2.24) is 0 Å². The summed E-state index contributed by atoms with van der Waals surface area (Å²) in [6, 6.07) is 6.87. The lowest BCUT2D eigenvalue weighted by molar-refractivity contribution is -0.215. The molecule has 22 heavy (non-hydrogen) atoms. The van der Waals surface area contributed by atoms with Crippen molar-refractivity contribution in [2.75, 3.05) is 13.2 Å². The van der Waals surface area contributed by atoms with E-state index in [0.717, 1.165) is 0 Å². The maximum Gasteiger partial charge on any atom is 0.228 e. The van der Waals surface area contributed by atoms with Crippen LogP contribution in [0.2, 0.25) is 0 Å². The molecular formula is C17H16O5. The number of Topliss-reactive ketones (excluding diaryl/α,β-unsaturated/α-hetero) is 2. The standard InChI is InChI=1S/C17H16O5/c1-17(20-8-9-21-17)13-7-6-12-14(18)10-4-2-3-5-11(10)15(19)16(12)22-13/h2-5,13H,6-9H2,1H3. The summed E-state index contributed by atoms with van der Waals surface area (Å²) in [7, 11) is 0. The highest BCUT2D eigenvalue weighted by atomic mass is 16.8. The van der Waals surface area contributed by atoms with Gasteiger partial charge in [0.2, 0.25) is 11.6 Å². The lowest BCUT2D eigenvalue weighted by Crippen LogP contribution is -2.45. The topological polar surface area (TPSA) is 61.8 Å². The molecule has 5 heteroatoms. The molecule has 0 radical (unpaired) electrons. The fraction of sp³-hybridized carbons (Fsp3) is 0.412. The molecule has 1 aromatic carbocycles. The van der Waals surface area contributed by atoms with Crippen LogP contribution >= 0.6 is 0 Å². The number of fused-ring (bicyclic) bond motifs is 1. The number of rotatable bonds is 1. The third-order valence-electron chi connectivity index (χ3n) is 4.53. The minimum Gasteiger partial charge on any atom is -0.480 e. The number of carbonyl (C=O) groups is 2. The van der Waals surface area contributed by atoms with Crippen molar-refractivity contribution in [2.45, 2.75) is 31.7 Å². The highest BCUT2D eigenvalue weighted by Crippen LogP contribution is 2.39. The Hall–Kier alpha value is -1.98. The van der Waals surface area contributed by atoms with Gasteiger partial charge in [0, 0.05) is 16.7 Å². The molecule has 2 heterocycles. The van der Waals surface area contributed by atoms with E-state index in [9.17, 15) is 9.59 Å². The van der Waals surface area contributed by atoms with E-state index in [0.29, 0.717) is 42.8 Å². The first kappa shape index (κ1) is 13.7. The Balaban J connectivity index is 1.71. The van der Waals surface area contributed by atoms with Crippen LogP contribution in [0.5, 0.6) is 0 Å². The minimum absolute atomic E-state index is 0.109. The molecule has 3 aliphatic rings. The van der Waals surface area contributed by atoms with Crippen LogP contribution in [0.15, 0.2) is 35.6 Å². The normalized spacial score (nSPS) is 26.5. The van der Waals surface area contributed by atoms with Gasteiger partial charge in [-0.05, 0) is 19.8 Å². The first-order valence-corrected chi connectivity index (χ1v) is 7.46. The van der Waals surface area contributed by atoms with Gasteiger partial charge in [0.1, 0.15) is 0 Å². The van der Waals surface area contributed by atoms with Gasteiger partial charge in [-0.3, -0.25) is 9.59 Å². The highest BCUT2D eigenvalue weighted by molar-refractivity contribution is 6.26. The Morgan fingerprint density at radius 1 is 1.05 bits per heavy atom. The van der Waals surface area contributed by atoms with E-state index in [2.05, 4.69) is 0 Å². The molecule has 1 saturated heterocycles. The minimum atomic E-state index is -0.848. The maximum atomic E-state index is 12.6. The van der Waals surface area contributed by atoms with E-state index in [4.69, 9.17) is 14.2 Å². The van der Waals surface area contributed by atoms with Crippen LogP contribution in [0.4, 0.5) is 0 Å². The van der Waals surface area contributed by atoms with Crippen LogP contribution in [0.1, 0.15) is 40.5 Å². The molecule has 1 unspecified atom stereocenters. The lowest BCUT2D eigenvalue weighted by Gasteiger charge is -2.37. The number of carbonyl (C=O) groups excluding carboxylic acids is 2. The van der Waals surface area contributed by atoms with Crippen LogP contribution < -0.4 is 0 Å². The molecule has 0 amide bonds. The third kappa shape index (κ3) is 1.86. The molecule has 1 aromatic rings. The third-order valence-corrected chi connectivity index (χ3v) is 4.53. The van der Waals surface area contributed by atoms with Crippen LogP contribution in [-0.4, -0.2) is 36.7 Å². The average molecular weight is 300 g/mol. The Labute approximate surface area is 127 Å². The molecule has 5 nitrogen and oxygen atoms in total. The first-order valence-electron chi connectivity index (χ1n) is 7.46. The number of benzene rings is 1. The summed E-state index contributed by atoms with van der Waals surface area (Å²) in [4.78, 5) is 25.2. The summed E-state index contributed by atoms with van der Waals surface area (Å²) in [5.74, 6) is -1.02. The van der Waals surface area contributed by atoms with Crippen molar-refractivity contribution in [3.05, 3.63) is 46.7 Å². The molecule has 1 atom stereocenters. The number of hydrogen-bond donors (Lipinski definition) is 0. The Bertz CT molecular complexity index is 697. The lowest BCUT2D eigenvalue weighted by atomic mass is 9.83. The summed E-state index contributed by atoms with van der Waals surface area (Å²) in [5, 5.41) is 0. The summed E-state index contributed by atoms with van der Waals surface area (Å²) in [6.45, 7) is 2.84. The second-order valence-electron chi connectivity index (χ2n) is 5.87. The van der Waals surface area contributed by atoms with Crippen molar-refractivity contribution >= 4 is 11.6 Å². The smallest absolute Gasteiger partial charge is 0.228 e. The number of hydrogen-bond acceptors (Lipinski definition) is 5. The summed E-state index contributed by atoms with van der Waals surface area (Å²) >= 11 is 0. The molecule has 114 valence electrons. The predicted octanol–water partition coefficient (Wildman–Crippen LogP) is 2.26. The van der Waals surface area contributed by atoms with Crippen LogP contribution in [0, 0.1) is 0 Å². The summed E-state index contributed by atoms with van der Waals surface area (Å²) in [6.07, 6.45) is 0.716. The van der Waals surface area contributed by atoms with Crippen LogP contribution in [-0.2, 0) is 14.2 Å². The molecule has 0 saturated carbocycles. The Morgan fingerprint density at radius 3 is 2.36 bits per heavy atom. The van der Waals surface area contributed by atoms with E-state index in [1.54, 1.807) is 24.3 Å². The predicted molar refractivity (Wildman–Crippen MR) is 76.5 cm³/mol. The molecule has 2 aliphatic heterocycles. The Morgan fingerprint density at radius 2 is 1.68 bits per heavy atom. The molecule has 0 spiro atoms.